The van der Waals surface area contributed by atoms with Crippen LogP contribution in [0.25, 0.3) is 0 Å². The molecule has 0 atom stereocenters. The van der Waals surface area contributed by atoms with Crippen molar-refractivity contribution in [3.05, 3.63) is 35.9 Å². The van der Waals surface area contributed by atoms with Gasteiger partial charge in [-0.1, -0.05) is 49.3 Å². The lowest BCUT2D eigenvalue weighted by Crippen LogP contribution is -1.95. The third-order valence-electron chi connectivity index (χ3n) is 1.11. The van der Waals surface area contributed by atoms with Crippen LogP contribution in [-0.4, -0.2) is 19.5 Å². The maximum atomic E-state index is 10.4. The van der Waals surface area contributed by atoms with Gasteiger partial charge in [-0.3, -0.25) is 0 Å². The van der Waals surface area contributed by atoms with E-state index in [-0.39, 0.29) is 6.92 Å². The maximum Gasteiger partial charge on any atom is 0.386 e. The molecular formula is C12H18F3NO. The molecule has 1 aromatic rings. The molecule has 1 rings (SSSR count). The van der Waals surface area contributed by atoms with Gasteiger partial charge in [0.1, 0.15) is 7.11 Å². The third kappa shape index (κ3) is 20.5. The first-order chi connectivity index (χ1) is 7.93. The summed E-state index contributed by atoms with van der Waals surface area (Å²) in [6.45, 7) is 4.19. The molecule has 0 aliphatic carbocycles. The van der Waals surface area contributed by atoms with Crippen molar-refractivity contribution >= 4 is 6.21 Å². The monoisotopic (exact) mass is 249 g/mol. The Morgan fingerprint density at radius 2 is 1.53 bits per heavy atom. The first-order valence-electron chi connectivity index (χ1n) is 5.12. The number of hydrogen-bond donors (Lipinski definition) is 0. The van der Waals surface area contributed by atoms with E-state index in [1.165, 1.54) is 7.11 Å². The van der Waals surface area contributed by atoms with Crippen LogP contribution in [0.2, 0.25) is 0 Å². The lowest BCUT2D eigenvalue weighted by atomic mass is 10.2. The molecular weight excluding hydrogens is 231 g/mol. The van der Waals surface area contributed by atoms with Gasteiger partial charge in [0.05, 0.1) is 6.21 Å². The lowest BCUT2D eigenvalue weighted by molar-refractivity contribution is -0.110. The minimum absolute atomic E-state index is 0.188. The van der Waals surface area contributed by atoms with E-state index in [4.69, 9.17) is 0 Å². The van der Waals surface area contributed by atoms with Crippen LogP contribution in [0.3, 0.4) is 0 Å². The first kappa shape index (κ1) is 17.9. The van der Waals surface area contributed by atoms with Gasteiger partial charge in [-0.25, -0.2) is 0 Å². The molecule has 0 aliphatic rings. The van der Waals surface area contributed by atoms with Crippen molar-refractivity contribution in [2.24, 2.45) is 5.16 Å². The standard InChI is InChI=1S/C8H9NO.C2H3F3.C2H6/c1-10-9-7-8-5-3-2-4-6-8;1-2(3,4)5;1-2/h2-7H,1H3;1H3;1-2H3/b9-7+;;. The predicted octanol–water partition coefficient (Wildman–Crippen LogP) is 4.26. The summed E-state index contributed by atoms with van der Waals surface area (Å²) in [5.41, 5.74) is 1.05. The van der Waals surface area contributed by atoms with Gasteiger partial charge < -0.3 is 4.84 Å². The summed E-state index contributed by atoms with van der Waals surface area (Å²) in [6, 6.07) is 9.79. The van der Waals surface area contributed by atoms with Gasteiger partial charge in [-0.05, 0) is 5.56 Å². The molecule has 0 unspecified atom stereocenters. The van der Waals surface area contributed by atoms with E-state index >= 15 is 0 Å². The Bertz CT molecular complexity index is 278. The maximum absolute atomic E-state index is 10.4. The summed E-state index contributed by atoms with van der Waals surface area (Å²) in [7, 11) is 1.53. The van der Waals surface area contributed by atoms with Crippen LogP contribution in [0.15, 0.2) is 35.5 Å². The Labute approximate surface area is 100 Å². The average Bonchev–Trinajstić information content (AvgIpc) is 2.28. The molecule has 0 heterocycles. The molecule has 2 nitrogen and oxygen atoms in total. The first-order valence-corrected chi connectivity index (χ1v) is 5.12. The molecule has 0 radical (unpaired) electrons. The average molecular weight is 249 g/mol. The molecule has 1 aromatic carbocycles. The van der Waals surface area contributed by atoms with Crippen LogP contribution in [-0.2, 0) is 4.84 Å². The van der Waals surface area contributed by atoms with E-state index < -0.39 is 6.18 Å². The van der Waals surface area contributed by atoms with Crippen LogP contribution in [0.1, 0.15) is 26.3 Å². The van der Waals surface area contributed by atoms with Crippen LogP contribution < -0.4 is 0 Å². The number of benzene rings is 1. The minimum Gasteiger partial charge on any atom is -0.399 e. The highest BCUT2D eigenvalue weighted by Crippen LogP contribution is 2.10. The Morgan fingerprint density at radius 1 is 1.12 bits per heavy atom. The summed E-state index contributed by atoms with van der Waals surface area (Å²) in [5.74, 6) is 0. The molecule has 0 N–H and O–H groups in total. The van der Waals surface area contributed by atoms with Crippen molar-refractivity contribution in [3.8, 4) is 0 Å². The van der Waals surface area contributed by atoms with Gasteiger partial charge in [-0.15, -0.1) is 0 Å². The van der Waals surface area contributed by atoms with Gasteiger partial charge in [0.25, 0.3) is 0 Å². The highest BCUT2D eigenvalue weighted by Gasteiger charge is 2.15. The highest BCUT2D eigenvalue weighted by molar-refractivity contribution is 5.78. The SMILES string of the molecule is CC.CC(F)(F)F.CO/N=C/c1ccccc1. The zero-order valence-corrected chi connectivity index (χ0v) is 10.5. The molecule has 0 bridgehead atoms. The highest BCUT2D eigenvalue weighted by atomic mass is 19.4. The van der Waals surface area contributed by atoms with Gasteiger partial charge in [0.2, 0.25) is 0 Å². The number of halogens is 3. The predicted molar refractivity (Wildman–Crippen MR) is 64.1 cm³/mol. The smallest absolute Gasteiger partial charge is 0.386 e. The van der Waals surface area contributed by atoms with Gasteiger partial charge >= 0.3 is 6.18 Å². The summed E-state index contributed by atoms with van der Waals surface area (Å²) < 4.78 is 31.1. The molecule has 0 amide bonds. The molecule has 0 saturated carbocycles. The Balaban J connectivity index is 0. The molecule has 0 spiro atoms. The fourth-order valence-corrected chi connectivity index (χ4v) is 0.653. The topological polar surface area (TPSA) is 21.6 Å². The number of hydrogen-bond acceptors (Lipinski definition) is 2. The molecule has 5 heteroatoms. The van der Waals surface area contributed by atoms with Crippen molar-refractivity contribution in [1.29, 1.82) is 0 Å². The van der Waals surface area contributed by atoms with Crippen LogP contribution in [0.4, 0.5) is 13.2 Å². The summed E-state index contributed by atoms with van der Waals surface area (Å²) in [5, 5.41) is 3.62. The van der Waals surface area contributed by atoms with E-state index in [1.54, 1.807) is 6.21 Å². The fourth-order valence-electron chi connectivity index (χ4n) is 0.653. The summed E-state index contributed by atoms with van der Waals surface area (Å²) in [4.78, 5) is 4.52. The Hall–Kier alpha value is -1.52. The van der Waals surface area contributed by atoms with E-state index in [2.05, 4.69) is 9.99 Å². The Morgan fingerprint density at radius 3 is 1.88 bits per heavy atom. The quantitative estimate of drug-likeness (QED) is 0.566. The lowest BCUT2D eigenvalue weighted by Gasteiger charge is -1.88. The normalized spacial score (nSPS) is 9.82. The fraction of sp³-hybridized carbons (Fsp3) is 0.417. The van der Waals surface area contributed by atoms with E-state index in [0.717, 1.165) is 5.56 Å². The largest absolute Gasteiger partial charge is 0.399 e. The molecule has 0 saturated heterocycles. The number of rotatable bonds is 2. The van der Waals surface area contributed by atoms with Crippen molar-refractivity contribution in [1.82, 2.24) is 0 Å². The van der Waals surface area contributed by atoms with Crippen LogP contribution >= 0.6 is 0 Å². The summed E-state index contributed by atoms with van der Waals surface area (Å²) in [6.07, 6.45) is -2.33. The van der Waals surface area contributed by atoms with Crippen molar-refractivity contribution in [2.45, 2.75) is 26.9 Å². The molecule has 0 aromatic heterocycles. The second-order valence-corrected chi connectivity index (χ2v) is 2.61. The van der Waals surface area contributed by atoms with Gasteiger partial charge in [-0.2, -0.15) is 13.2 Å². The molecule has 17 heavy (non-hydrogen) atoms. The second-order valence-electron chi connectivity index (χ2n) is 2.61. The third-order valence-corrected chi connectivity index (χ3v) is 1.11. The second kappa shape index (κ2) is 11.0. The zero-order chi connectivity index (χ0) is 13.7. The number of alkyl halides is 3. The van der Waals surface area contributed by atoms with Crippen LogP contribution in [0.5, 0.6) is 0 Å². The molecule has 0 aliphatic heterocycles. The van der Waals surface area contributed by atoms with Crippen molar-refractivity contribution < 1.29 is 18.0 Å². The minimum atomic E-state index is -4.00. The Kier molecular flexibility index (Phi) is 11.5. The van der Waals surface area contributed by atoms with Crippen molar-refractivity contribution in [3.63, 3.8) is 0 Å². The zero-order valence-electron chi connectivity index (χ0n) is 10.5. The number of nitrogens with zero attached hydrogens (tertiary/aromatic N) is 1. The summed E-state index contributed by atoms with van der Waals surface area (Å²) >= 11 is 0. The van der Waals surface area contributed by atoms with E-state index in [9.17, 15) is 13.2 Å². The van der Waals surface area contributed by atoms with E-state index in [1.807, 2.05) is 44.2 Å². The van der Waals surface area contributed by atoms with Gasteiger partial charge in [0.15, 0.2) is 0 Å². The van der Waals surface area contributed by atoms with Gasteiger partial charge in [0, 0.05) is 6.92 Å². The van der Waals surface area contributed by atoms with Crippen LogP contribution in [0, 0.1) is 0 Å². The van der Waals surface area contributed by atoms with Crippen molar-refractivity contribution in [2.75, 3.05) is 7.11 Å². The molecule has 98 valence electrons. The van der Waals surface area contributed by atoms with E-state index in [0.29, 0.717) is 0 Å². The molecule has 0 fully saturated rings. The number of oxime groups is 1.